The summed E-state index contributed by atoms with van der Waals surface area (Å²) in [4.78, 5) is 11.2. The average Bonchev–Trinajstić information content (AvgIpc) is 2.32. The molecule has 1 heterocycles. The van der Waals surface area contributed by atoms with Gasteiger partial charge in [0.2, 0.25) is 0 Å². The Morgan fingerprint density at radius 1 is 1.58 bits per heavy atom. The summed E-state index contributed by atoms with van der Waals surface area (Å²) in [6.45, 7) is 0. The van der Waals surface area contributed by atoms with Crippen molar-refractivity contribution in [2.45, 2.75) is 3.79 Å². The zero-order chi connectivity index (χ0) is 9.35. The van der Waals surface area contributed by atoms with E-state index in [0.717, 1.165) is 4.57 Å². The van der Waals surface area contributed by atoms with E-state index in [2.05, 4.69) is 22.1 Å². The zero-order valence-electron chi connectivity index (χ0n) is 5.52. The third-order valence-corrected chi connectivity index (χ3v) is 1.97. The third kappa shape index (κ3) is 2.39. The number of carbonyl (C=O) groups excluding carboxylic acids is 1. The maximum absolute atomic E-state index is 11.2. The predicted molar refractivity (Wildman–Crippen MR) is 51.9 cm³/mol. The fraction of sp³-hybridized carbons (Fsp3) is 0.167. The molecule has 0 bridgehead atoms. The first-order valence-corrected chi connectivity index (χ1v) is 4.71. The number of nitrogens with zero attached hydrogens (tertiary/aromatic N) is 1. The summed E-state index contributed by atoms with van der Waals surface area (Å²) in [5, 5.41) is 0. The van der Waals surface area contributed by atoms with Crippen molar-refractivity contribution >= 4 is 56.6 Å². The summed E-state index contributed by atoms with van der Waals surface area (Å²) in [5.41, 5.74) is 0. The van der Waals surface area contributed by atoms with Gasteiger partial charge in [0.15, 0.2) is 0 Å². The van der Waals surface area contributed by atoms with Crippen LogP contribution in [0.4, 0.5) is 0 Å². The Morgan fingerprint density at radius 2 is 2.17 bits per heavy atom. The minimum atomic E-state index is -1.94. The molecule has 2 nitrogen and oxygen atoms in total. The number of halogens is 4. The van der Waals surface area contributed by atoms with Gasteiger partial charge in [0.05, 0.1) is 6.20 Å². The molecule has 0 N–H and O–H groups in total. The molecule has 65 valence electrons. The molecule has 0 aliphatic heterocycles. The van der Waals surface area contributed by atoms with E-state index in [-0.39, 0.29) is 0 Å². The van der Waals surface area contributed by atoms with Crippen LogP contribution >= 0.6 is 50.7 Å². The lowest BCUT2D eigenvalue weighted by atomic mass is 10.6. The third-order valence-electron chi connectivity index (χ3n) is 1.06. The molecule has 0 amide bonds. The van der Waals surface area contributed by atoms with Gasteiger partial charge in [-0.2, -0.15) is 0 Å². The molecule has 0 fully saturated rings. The summed E-state index contributed by atoms with van der Waals surface area (Å²) in [6.07, 6.45) is 4.04. The van der Waals surface area contributed by atoms with Gasteiger partial charge in [0, 0.05) is 10.7 Å². The molecule has 0 saturated carbocycles. The Labute approximate surface area is 92.5 Å². The number of rotatable bonds is 0. The lowest BCUT2D eigenvalue weighted by molar-refractivity contribution is 0.0917. The lowest BCUT2D eigenvalue weighted by Crippen LogP contribution is -2.24. The molecule has 1 aromatic rings. The Morgan fingerprint density at radius 3 is 2.50 bits per heavy atom. The molecule has 1 radical (unpaired) electrons. The quantitative estimate of drug-likeness (QED) is 0.673. The van der Waals surface area contributed by atoms with Gasteiger partial charge in [-0.3, -0.25) is 9.36 Å². The van der Waals surface area contributed by atoms with Crippen LogP contribution in [0.25, 0.3) is 0 Å². The van der Waals surface area contributed by atoms with E-state index in [1.165, 1.54) is 6.20 Å². The summed E-state index contributed by atoms with van der Waals surface area (Å²) >= 11 is 19.2. The Bertz CT molecular complexity index is 304. The molecule has 0 aliphatic carbocycles. The van der Waals surface area contributed by atoms with Gasteiger partial charge < -0.3 is 0 Å². The van der Waals surface area contributed by atoms with Gasteiger partial charge in [-0.1, -0.05) is 34.8 Å². The summed E-state index contributed by atoms with van der Waals surface area (Å²) < 4.78 is -0.156. The van der Waals surface area contributed by atoms with E-state index >= 15 is 0 Å². The van der Waals surface area contributed by atoms with Crippen molar-refractivity contribution in [2.24, 2.45) is 0 Å². The van der Waals surface area contributed by atoms with Crippen LogP contribution in [-0.2, 0) is 0 Å². The molecule has 6 heteroatoms. The molecule has 0 saturated heterocycles. The minimum absolute atomic E-state index is 0.654. The van der Waals surface area contributed by atoms with Crippen LogP contribution in [-0.4, -0.2) is 14.3 Å². The highest BCUT2D eigenvalue weighted by Gasteiger charge is 2.31. The fourth-order valence-corrected chi connectivity index (χ4v) is 1.16. The van der Waals surface area contributed by atoms with Crippen LogP contribution in [0.2, 0.25) is 0 Å². The second kappa shape index (κ2) is 3.58. The highest BCUT2D eigenvalue weighted by atomic mass is 79.9. The van der Waals surface area contributed by atoms with E-state index in [1.54, 1.807) is 6.07 Å². The van der Waals surface area contributed by atoms with E-state index in [9.17, 15) is 4.79 Å². The molecule has 0 aliphatic rings. The summed E-state index contributed by atoms with van der Waals surface area (Å²) in [7, 11) is 0. The number of alkyl halides is 3. The van der Waals surface area contributed by atoms with Crippen molar-refractivity contribution in [1.82, 2.24) is 4.57 Å². The smallest absolute Gasteiger partial charge is 0.281 e. The molecule has 12 heavy (non-hydrogen) atoms. The zero-order valence-corrected chi connectivity index (χ0v) is 9.38. The van der Waals surface area contributed by atoms with Gasteiger partial charge in [0.1, 0.15) is 0 Å². The van der Waals surface area contributed by atoms with Crippen LogP contribution in [0.1, 0.15) is 4.79 Å². The van der Waals surface area contributed by atoms with Crippen LogP contribution in [0.5, 0.6) is 0 Å². The van der Waals surface area contributed by atoms with Gasteiger partial charge in [-0.05, 0) is 22.0 Å². The van der Waals surface area contributed by atoms with Gasteiger partial charge >= 0.3 is 0 Å². The number of hydrogen-bond acceptors (Lipinski definition) is 1. The van der Waals surface area contributed by atoms with Crippen molar-refractivity contribution in [2.75, 3.05) is 0 Å². The van der Waals surface area contributed by atoms with Crippen molar-refractivity contribution in [3.63, 3.8) is 0 Å². The molecule has 0 aromatic carbocycles. The molecular weight excluding hydrogens is 288 g/mol. The second-order valence-corrected chi connectivity index (χ2v) is 5.16. The number of hydrogen-bond donors (Lipinski definition) is 0. The molecule has 0 atom stereocenters. The van der Waals surface area contributed by atoms with Crippen molar-refractivity contribution in [3.05, 3.63) is 22.9 Å². The first-order valence-electron chi connectivity index (χ1n) is 2.78. The molecule has 0 spiro atoms. The summed E-state index contributed by atoms with van der Waals surface area (Å²) in [5.74, 6) is -0.654. The van der Waals surface area contributed by atoms with E-state index in [1.807, 2.05) is 0 Å². The van der Waals surface area contributed by atoms with Crippen LogP contribution in [0.15, 0.2) is 16.7 Å². The maximum Gasteiger partial charge on any atom is 0.283 e. The minimum Gasteiger partial charge on any atom is -0.281 e. The van der Waals surface area contributed by atoms with Crippen LogP contribution < -0.4 is 0 Å². The molecule has 1 rings (SSSR count). The second-order valence-electron chi connectivity index (χ2n) is 1.96. The standard InChI is InChI=1S/C6H2BrCl3NO/c7-4-1-2-11(3-4)5(12)6(8,9)10/h1,3H. The topological polar surface area (TPSA) is 22.0 Å². The SMILES string of the molecule is O=C(n1[c]cc(Br)c1)C(Cl)(Cl)Cl. The van der Waals surface area contributed by atoms with E-state index in [4.69, 9.17) is 34.8 Å². The highest BCUT2D eigenvalue weighted by molar-refractivity contribution is 9.10. The normalized spacial score (nSPS) is 11.7. The first-order chi connectivity index (χ1) is 5.41. The van der Waals surface area contributed by atoms with Crippen molar-refractivity contribution < 1.29 is 4.79 Å². The Kier molecular flexibility index (Phi) is 3.10. The Hall–Kier alpha value is 0.300. The van der Waals surface area contributed by atoms with Crippen molar-refractivity contribution in [3.8, 4) is 0 Å². The fourth-order valence-electron chi connectivity index (χ4n) is 0.583. The first kappa shape index (κ1) is 10.4. The number of aromatic nitrogens is 1. The highest BCUT2D eigenvalue weighted by Crippen LogP contribution is 2.28. The van der Waals surface area contributed by atoms with Crippen molar-refractivity contribution in [1.29, 1.82) is 0 Å². The van der Waals surface area contributed by atoms with Gasteiger partial charge in [0.25, 0.3) is 9.70 Å². The largest absolute Gasteiger partial charge is 0.283 e. The van der Waals surface area contributed by atoms with Gasteiger partial charge in [-0.15, -0.1) is 0 Å². The Balaban J connectivity index is 2.93. The predicted octanol–water partition coefficient (Wildman–Crippen LogP) is 3.06. The molecular formula is C6H2BrCl3NO. The average molecular weight is 290 g/mol. The van der Waals surface area contributed by atoms with Gasteiger partial charge in [-0.25, -0.2) is 0 Å². The lowest BCUT2D eigenvalue weighted by Gasteiger charge is -2.08. The van der Waals surface area contributed by atoms with Crippen LogP contribution in [0, 0.1) is 6.20 Å². The molecule has 0 unspecified atom stereocenters. The monoisotopic (exact) mass is 288 g/mol. The number of carbonyl (C=O) groups is 1. The molecule has 1 aromatic heterocycles. The van der Waals surface area contributed by atoms with E-state index in [0.29, 0.717) is 4.47 Å². The van der Waals surface area contributed by atoms with Crippen LogP contribution in [0.3, 0.4) is 0 Å². The van der Waals surface area contributed by atoms with E-state index < -0.39 is 9.70 Å². The summed E-state index contributed by atoms with van der Waals surface area (Å²) in [6, 6.07) is 1.55. The maximum atomic E-state index is 11.2.